The van der Waals surface area contributed by atoms with E-state index in [1.165, 1.54) is 11.8 Å². The Balaban J connectivity index is 1.29. The van der Waals surface area contributed by atoms with E-state index in [-0.39, 0.29) is 24.2 Å². The van der Waals surface area contributed by atoms with E-state index >= 15 is 0 Å². The van der Waals surface area contributed by atoms with Crippen LogP contribution in [0.25, 0.3) is 11.1 Å². The van der Waals surface area contributed by atoms with Gasteiger partial charge in [-0.3, -0.25) is 4.79 Å². The molecule has 0 fully saturated rings. The lowest BCUT2D eigenvalue weighted by molar-refractivity contribution is -0.137. The number of aromatic nitrogens is 1. The van der Waals surface area contributed by atoms with E-state index < -0.39 is 15.8 Å². The molecule has 2 aromatic carbocycles. The highest BCUT2D eigenvalue weighted by Gasteiger charge is 2.30. The topological polar surface area (TPSA) is 112 Å². The predicted octanol–water partition coefficient (Wildman–Crippen LogP) is 4.89. The fourth-order valence-corrected chi connectivity index (χ4v) is 5.90. The first-order chi connectivity index (χ1) is 18.2. The maximum atomic E-state index is 11.3. The van der Waals surface area contributed by atoms with E-state index in [1.54, 1.807) is 12.3 Å². The van der Waals surface area contributed by atoms with E-state index in [0.29, 0.717) is 31.3 Å². The van der Waals surface area contributed by atoms with E-state index in [0.717, 1.165) is 46.4 Å². The molecule has 0 spiro atoms. The molecule has 2 aliphatic rings. The SMILES string of the molecule is Cc1cc(OCCCS(C)(=O)=O)ccc1-c1cccc2c1CCC2Oc1cc2c(cn1)C(CC(=O)O)CO2. The molecule has 38 heavy (non-hydrogen) atoms. The molecule has 1 N–H and O–H groups in total. The highest BCUT2D eigenvalue weighted by molar-refractivity contribution is 7.90. The number of aryl methyl sites for hydroxylation is 1. The van der Waals surface area contributed by atoms with Gasteiger partial charge in [-0.15, -0.1) is 0 Å². The number of benzene rings is 2. The van der Waals surface area contributed by atoms with Crippen LogP contribution in [0.3, 0.4) is 0 Å². The number of rotatable bonds is 10. The van der Waals surface area contributed by atoms with Crippen LogP contribution in [-0.2, 0) is 21.1 Å². The van der Waals surface area contributed by atoms with Crippen LogP contribution in [0.2, 0.25) is 0 Å². The van der Waals surface area contributed by atoms with Crippen LogP contribution in [0.4, 0.5) is 0 Å². The van der Waals surface area contributed by atoms with E-state index in [9.17, 15) is 13.2 Å². The molecule has 2 atom stereocenters. The van der Waals surface area contributed by atoms with Crippen molar-refractivity contribution in [3.05, 3.63) is 70.9 Å². The van der Waals surface area contributed by atoms with Crippen LogP contribution < -0.4 is 14.2 Å². The first-order valence-electron chi connectivity index (χ1n) is 12.7. The van der Waals surface area contributed by atoms with Gasteiger partial charge in [-0.2, -0.15) is 0 Å². The van der Waals surface area contributed by atoms with Gasteiger partial charge in [0.1, 0.15) is 27.4 Å². The number of ether oxygens (including phenoxy) is 3. The van der Waals surface area contributed by atoms with Crippen molar-refractivity contribution in [2.45, 2.75) is 44.6 Å². The lowest BCUT2D eigenvalue weighted by Crippen LogP contribution is -2.08. The molecular formula is C29H31NO7S. The number of fused-ring (bicyclic) bond motifs is 2. The second-order valence-corrected chi connectivity index (χ2v) is 12.3. The van der Waals surface area contributed by atoms with Gasteiger partial charge in [0.25, 0.3) is 0 Å². The van der Waals surface area contributed by atoms with Crippen molar-refractivity contribution in [1.82, 2.24) is 4.98 Å². The van der Waals surface area contributed by atoms with Gasteiger partial charge < -0.3 is 19.3 Å². The summed E-state index contributed by atoms with van der Waals surface area (Å²) in [5.41, 5.74) is 6.57. The van der Waals surface area contributed by atoms with Gasteiger partial charge in [0.05, 0.1) is 25.4 Å². The quantitative estimate of drug-likeness (QED) is 0.364. The number of carboxylic acid groups (broad SMARTS) is 1. The van der Waals surface area contributed by atoms with Crippen molar-refractivity contribution in [3.63, 3.8) is 0 Å². The molecule has 0 amide bonds. The summed E-state index contributed by atoms with van der Waals surface area (Å²) >= 11 is 0. The van der Waals surface area contributed by atoms with Crippen molar-refractivity contribution in [2.75, 3.05) is 25.2 Å². The Labute approximate surface area is 222 Å². The smallest absolute Gasteiger partial charge is 0.304 e. The lowest BCUT2D eigenvalue weighted by atomic mass is 9.93. The molecule has 0 bridgehead atoms. The summed E-state index contributed by atoms with van der Waals surface area (Å²) in [5.74, 6) is 0.907. The largest absolute Gasteiger partial charge is 0.494 e. The minimum atomic E-state index is -2.99. The van der Waals surface area contributed by atoms with Gasteiger partial charge in [-0.1, -0.05) is 24.3 Å². The number of hydrogen-bond donors (Lipinski definition) is 1. The van der Waals surface area contributed by atoms with Crippen molar-refractivity contribution >= 4 is 15.8 Å². The summed E-state index contributed by atoms with van der Waals surface area (Å²) in [6.45, 7) is 2.74. The number of nitrogens with zero attached hydrogens (tertiary/aromatic N) is 1. The number of aliphatic carboxylic acids is 1. The second kappa shape index (κ2) is 10.6. The van der Waals surface area contributed by atoms with Crippen LogP contribution in [0, 0.1) is 6.92 Å². The Kier molecular flexibility index (Phi) is 7.29. The van der Waals surface area contributed by atoms with Crippen molar-refractivity contribution in [3.8, 4) is 28.5 Å². The summed E-state index contributed by atoms with van der Waals surface area (Å²) in [7, 11) is -2.99. The molecule has 3 aromatic rings. The third kappa shape index (κ3) is 5.78. The molecule has 1 aliphatic heterocycles. The van der Waals surface area contributed by atoms with Crippen LogP contribution >= 0.6 is 0 Å². The minimum absolute atomic E-state index is 0.0172. The molecule has 200 valence electrons. The third-order valence-electron chi connectivity index (χ3n) is 7.07. The van der Waals surface area contributed by atoms with Gasteiger partial charge in [-0.25, -0.2) is 13.4 Å². The van der Waals surface area contributed by atoms with Crippen LogP contribution in [0.15, 0.2) is 48.7 Å². The van der Waals surface area contributed by atoms with Gasteiger partial charge >= 0.3 is 5.97 Å². The van der Waals surface area contributed by atoms with Crippen molar-refractivity contribution in [1.29, 1.82) is 0 Å². The van der Waals surface area contributed by atoms with Crippen molar-refractivity contribution in [2.24, 2.45) is 0 Å². The standard InChI is InChI=1S/C29H31NO7S/c1-18-13-20(35-11-4-12-38(2,33)34)7-8-21(18)22-5-3-6-24-23(22)9-10-26(24)37-28-15-27-25(16-30-28)19(17-36-27)14-29(31)32/h3,5-8,13,15-16,19,26H,4,9-12,14,17H2,1-2H3,(H,31,32). The van der Waals surface area contributed by atoms with Crippen LogP contribution in [-0.4, -0.2) is 49.7 Å². The van der Waals surface area contributed by atoms with Crippen LogP contribution in [0.1, 0.15) is 53.5 Å². The highest BCUT2D eigenvalue weighted by Crippen LogP contribution is 2.42. The molecular weight excluding hydrogens is 506 g/mol. The zero-order chi connectivity index (χ0) is 26.9. The third-order valence-corrected chi connectivity index (χ3v) is 8.10. The average Bonchev–Trinajstić information content (AvgIpc) is 3.45. The Bertz CT molecular complexity index is 1470. The fourth-order valence-electron chi connectivity index (χ4n) is 5.26. The van der Waals surface area contributed by atoms with Crippen LogP contribution in [0.5, 0.6) is 17.4 Å². The summed E-state index contributed by atoms with van der Waals surface area (Å²) in [6.07, 6.45) is 4.95. The second-order valence-electron chi connectivity index (χ2n) is 9.99. The van der Waals surface area contributed by atoms with E-state index in [2.05, 4.69) is 23.2 Å². The summed E-state index contributed by atoms with van der Waals surface area (Å²) in [6, 6.07) is 14.0. The first-order valence-corrected chi connectivity index (χ1v) is 14.8. The number of pyridine rings is 1. The monoisotopic (exact) mass is 537 g/mol. The van der Waals surface area contributed by atoms with Gasteiger partial charge in [-0.05, 0) is 66.1 Å². The molecule has 8 nitrogen and oxygen atoms in total. The summed E-state index contributed by atoms with van der Waals surface area (Å²) in [4.78, 5) is 15.6. The first kappa shape index (κ1) is 26.0. The normalized spacial score (nSPS) is 17.9. The number of hydrogen-bond acceptors (Lipinski definition) is 7. The molecule has 5 rings (SSSR count). The minimum Gasteiger partial charge on any atom is -0.494 e. The molecule has 0 saturated heterocycles. The van der Waals surface area contributed by atoms with Gasteiger partial charge in [0, 0.05) is 30.0 Å². The van der Waals surface area contributed by atoms with Gasteiger partial charge in [0.2, 0.25) is 5.88 Å². The van der Waals surface area contributed by atoms with E-state index in [4.69, 9.17) is 19.3 Å². The highest BCUT2D eigenvalue weighted by atomic mass is 32.2. The van der Waals surface area contributed by atoms with E-state index in [1.807, 2.05) is 25.1 Å². The molecule has 1 aromatic heterocycles. The molecule has 0 radical (unpaired) electrons. The number of sulfone groups is 1. The Hall–Kier alpha value is -3.59. The van der Waals surface area contributed by atoms with Crippen molar-refractivity contribution < 1.29 is 32.5 Å². The molecule has 9 heteroatoms. The fraction of sp³-hybridized carbons (Fsp3) is 0.379. The maximum absolute atomic E-state index is 11.3. The summed E-state index contributed by atoms with van der Waals surface area (Å²) in [5, 5.41) is 9.12. The molecule has 2 heterocycles. The zero-order valence-corrected chi connectivity index (χ0v) is 22.3. The Morgan fingerprint density at radius 3 is 2.76 bits per heavy atom. The zero-order valence-electron chi connectivity index (χ0n) is 21.5. The lowest BCUT2D eigenvalue weighted by Gasteiger charge is -2.16. The number of carbonyl (C=O) groups is 1. The Morgan fingerprint density at radius 2 is 2.00 bits per heavy atom. The maximum Gasteiger partial charge on any atom is 0.304 e. The predicted molar refractivity (Wildman–Crippen MR) is 143 cm³/mol. The molecule has 0 saturated carbocycles. The molecule has 1 aliphatic carbocycles. The van der Waals surface area contributed by atoms with Gasteiger partial charge in [0.15, 0.2) is 0 Å². The molecule has 2 unspecified atom stereocenters. The average molecular weight is 538 g/mol. The number of carboxylic acids is 1. The summed E-state index contributed by atoms with van der Waals surface area (Å²) < 4.78 is 40.4. The Morgan fingerprint density at radius 1 is 1.16 bits per heavy atom.